The minimum Gasteiger partial charge on any atom is -0.315 e. The molecule has 1 N–H and O–H groups in total. The van der Waals surface area contributed by atoms with Crippen molar-refractivity contribution >= 4 is 12.4 Å². The van der Waals surface area contributed by atoms with Gasteiger partial charge in [0.2, 0.25) is 0 Å². The van der Waals surface area contributed by atoms with E-state index in [2.05, 4.69) is 34.1 Å². The SMILES string of the molecule is Cc1nn(-c2ccccn2)c(C)c1CN1CCCNCC1.Cl. The molecule has 1 aliphatic rings. The van der Waals surface area contributed by atoms with Crippen LogP contribution in [0.3, 0.4) is 0 Å². The van der Waals surface area contributed by atoms with Crippen LogP contribution in [0.2, 0.25) is 0 Å². The molecule has 0 atom stereocenters. The molecule has 6 heteroatoms. The van der Waals surface area contributed by atoms with Crippen LogP contribution in [0.15, 0.2) is 24.4 Å². The lowest BCUT2D eigenvalue weighted by Crippen LogP contribution is -2.28. The molecule has 0 bridgehead atoms. The third kappa shape index (κ3) is 3.66. The van der Waals surface area contributed by atoms with E-state index in [0.717, 1.165) is 44.2 Å². The van der Waals surface area contributed by atoms with Crippen molar-refractivity contribution in [3.8, 4) is 5.82 Å². The first-order chi connectivity index (χ1) is 10.3. The number of nitrogens with zero attached hydrogens (tertiary/aromatic N) is 4. The van der Waals surface area contributed by atoms with E-state index in [-0.39, 0.29) is 12.4 Å². The van der Waals surface area contributed by atoms with Gasteiger partial charge in [-0.2, -0.15) is 5.10 Å². The van der Waals surface area contributed by atoms with Crippen LogP contribution in [-0.4, -0.2) is 45.8 Å². The molecule has 1 saturated heterocycles. The Labute approximate surface area is 138 Å². The van der Waals surface area contributed by atoms with Gasteiger partial charge in [0.05, 0.1) is 5.69 Å². The quantitative estimate of drug-likeness (QED) is 0.940. The van der Waals surface area contributed by atoms with Gasteiger partial charge in [0.25, 0.3) is 0 Å². The van der Waals surface area contributed by atoms with Gasteiger partial charge < -0.3 is 5.32 Å². The van der Waals surface area contributed by atoms with Gasteiger partial charge >= 0.3 is 0 Å². The highest BCUT2D eigenvalue weighted by Crippen LogP contribution is 2.18. The van der Waals surface area contributed by atoms with Gasteiger partial charge in [-0.3, -0.25) is 4.90 Å². The Balaban J connectivity index is 0.00000176. The molecule has 0 spiro atoms. The summed E-state index contributed by atoms with van der Waals surface area (Å²) in [5, 5.41) is 8.13. The zero-order valence-electron chi connectivity index (χ0n) is 13.2. The summed E-state index contributed by atoms with van der Waals surface area (Å²) in [7, 11) is 0. The highest BCUT2D eigenvalue weighted by Gasteiger charge is 2.17. The van der Waals surface area contributed by atoms with Gasteiger partial charge in [-0.25, -0.2) is 9.67 Å². The van der Waals surface area contributed by atoms with Crippen LogP contribution in [0, 0.1) is 13.8 Å². The van der Waals surface area contributed by atoms with Gasteiger partial charge in [0.15, 0.2) is 5.82 Å². The topological polar surface area (TPSA) is 46.0 Å². The Morgan fingerprint density at radius 2 is 2.05 bits per heavy atom. The van der Waals surface area contributed by atoms with E-state index < -0.39 is 0 Å². The Hall–Kier alpha value is -1.43. The predicted octanol–water partition coefficient (Wildman–Crippen LogP) is 2.10. The molecule has 0 amide bonds. The largest absolute Gasteiger partial charge is 0.315 e. The van der Waals surface area contributed by atoms with Crippen LogP contribution in [0.5, 0.6) is 0 Å². The molecular weight excluding hydrogens is 298 g/mol. The van der Waals surface area contributed by atoms with Crippen molar-refractivity contribution in [1.82, 2.24) is 25.0 Å². The van der Waals surface area contributed by atoms with Crippen molar-refractivity contribution in [2.75, 3.05) is 26.2 Å². The molecule has 1 aliphatic heterocycles. The molecule has 1 fully saturated rings. The maximum atomic E-state index is 4.68. The first-order valence-electron chi connectivity index (χ1n) is 7.65. The van der Waals surface area contributed by atoms with Crippen LogP contribution in [0.4, 0.5) is 0 Å². The van der Waals surface area contributed by atoms with Gasteiger partial charge in [-0.1, -0.05) is 6.07 Å². The van der Waals surface area contributed by atoms with E-state index in [4.69, 9.17) is 0 Å². The third-order valence-electron chi connectivity index (χ3n) is 4.12. The van der Waals surface area contributed by atoms with Gasteiger partial charge in [0, 0.05) is 37.1 Å². The summed E-state index contributed by atoms with van der Waals surface area (Å²) in [5.41, 5.74) is 3.64. The number of nitrogens with one attached hydrogen (secondary N) is 1. The average Bonchev–Trinajstić information content (AvgIpc) is 2.71. The van der Waals surface area contributed by atoms with Crippen molar-refractivity contribution in [3.05, 3.63) is 41.3 Å². The minimum atomic E-state index is 0. The summed E-state index contributed by atoms with van der Waals surface area (Å²) in [5.74, 6) is 0.891. The van der Waals surface area contributed by atoms with E-state index in [1.165, 1.54) is 17.7 Å². The summed E-state index contributed by atoms with van der Waals surface area (Å²) in [6, 6.07) is 5.93. The van der Waals surface area contributed by atoms with Gasteiger partial charge in [-0.15, -0.1) is 12.4 Å². The smallest absolute Gasteiger partial charge is 0.153 e. The summed E-state index contributed by atoms with van der Waals surface area (Å²) in [6.07, 6.45) is 3.03. The predicted molar refractivity (Wildman–Crippen MR) is 90.8 cm³/mol. The van der Waals surface area contributed by atoms with Crippen molar-refractivity contribution < 1.29 is 0 Å². The summed E-state index contributed by atoms with van der Waals surface area (Å²) < 4.78 is 1.96. The van der Waals surface area contributed by atoms with Crippen LogP contribution < -0.4 is 5.32 Å². The van der Waals surface area contributed by atoms with Gasteiger partial charge in [-0.05, 0) is 45.5 Å². The second-order valence-electron chi connectivity index (χ2n) is 5.63. The highest BCUT2D eigenvalue weighted by atomic mass is 35.5. The van der Waals surface area contributed by atoms with Crippen molar-refractivity contribution in [1.29, 1.82) is 0 Å². The number of hydrogen-bond acceptors (Lipinski definition) is 4. The summed E-state index contributed by atoms with van der Waals surface area (Å²) >= 11 is 0. The molecule has 22 heavy (non-hydrogen) atoms. The molecular formula is C16H24ClN5. The maximum absolute atomic E-state index is 4.68. The lowest BCUT2D eigenvalue weighted by Gasteiger charge is -2.19. The number of pyridine rings is 1. The summed E-state index contributed by atoms with van der Waals surface area (Å²) in [4.78, 5) is 6.92. The molecule has 3 rings (SSSR count). The monoisotopic (exact) mass is 321 g/mol. The normalized spacial score (nSPS) is 16.1. The van der Waals surface area contributed by atoms with E-state index >= 15 is 0 Å². The number of aromatic nitrogens is 3. The van der Waals surface area contributed by atoms with Crippen LogP contribution in [0.25, 0.3) is 5.82 Å². The number of halogens is 1. The number of aryl methyl sites for hydroxylation is 1. The van der Waals surface area contributed by atoms with Gasteiger partial charge in [0.1, 0.15) is 0 Å². The second-order valence-corrected chi connectivity index (χ2v) is 5.63. The van der Waals surface area contributed by atoms with E-state index in [9.17, 15) is 0 Å². The Morgan fingerprint density at radius 1 is 1.18 bits per heavy atom. The van der Waals surface area contributed by atoms with Crippen molar-refractivity contribution in [2.45, 2.75) is 26.8 Å². The molecule has 0 saturated carbocycles. The highest BCUT2D eigenvalue weighted by molar-refractivity contribution is 5.85. The van der Waals surface area contributed by atoms with Crippen LogP contribution in [-0.2, 0) is 6.54 Å². The lowest BCUT2D eigenvalue weighted by atomic mass is 10.2. The Bertz CT molecular complexity index is 588. The van der Waals surface area contributed by atoms with Crippen molar-refractivity contribution in [3.63, 3.8) is 0 Å². The third-order valence-corrected chi connectivity index (χ3v) is 4.12. The summed E-state index contributed by atoms with van der Waals surface area (Å²) in [6.45, 7) is 9.67. The molecule has 5 nitrogen and oxygen atoms in total. The molecule has 3 heterocycles. The molecule has 0 unspecified atom stereocenters. The first-order valence-corrected chi connectivity index (χ1v) is 7.65. The molecule has 0 aromatic carbocycles. The standard InChI is InChI=1S/C16H23N5.ClH/c1-13-15(12-20-10-5-7-17-9-11-20)14(2)21(19-13)16-6-3-4-8-18-16;/h3-4,6,8,17H,5,7,9-12H2,1-2H3;1H. The van der Waals surface area contributed by atoms with Crippen molar-refractivity contribution in [2.24, 2.45) is 0 Å². The molecule has 120 valence electrons. The van der Waals surface area contributed by atoms with Crippen LogP contribution >= 0.6 is 12.4 Å². The van der Waals surface area contributed by atoms with E-state index in [1.54, 1.807) is 0 Å². The van der Waals surface area contributed by atoms with Crippen LogP contribution in [0.1, 0.15) is 23.4 Å². The fourth-order valence-electron chi connectivity index (χ4n) is 2.89. The zero-order chi connectivity index (χ0) is 14.7. The Kier molecular flexibility index (Phi) is 5.94. The number of rotatable bonds is 3. The fraction of sp³-hybridized carbons (Fsp3) is 0.500. The maximum Gasteiger partial charge on any atom is 0.153 e. The second kappa shape index (κ2) is 7.72. The first kappa shape index (κ1) is 16.9. The Morgan fingerprint density at radius 3 is 2.82 bits per heavy atom. The van der Waals surface area contributed by atoms with E-state index in [0.29, 0.717) is 0 Å². The molecule has 0 radical (unpaired) electrons. The average molecular weight is 322 g/mol. The molecule has 2 aromatic rings. The lowest BCUT2D eigenvalue weighted by molar-refractivity contribution is 0.283. The van der Waals surface area contributed by atoms with E-state index in [1.807, 2.05) is 29.1 Å². The zero-order valence-corrected chi connectivity index (χ0v) is 14.1. The molecule has 0 aliphatic carbocycles. The minimum absolute atomic E-state index is 0. The fourth-order valence-corrected chi connectivity index (χ4v) is 2.89. The number of hydrogen-bond donors (Lipinski definition) is 1. The molecule has 2 aromatic heterocycles.